The SMILES string of the molecule is CC(O)CC(C)NC(=O)C(C)(C)c1ccc(N)cc1. The number of carbonyl (C=O) groups excluding carboxylic acids is 1. The summed E-state index contributed by atoms with van der Waals surface area (Å²) in [5.74, 6) is -0.0505. The van der Waals surface area contributed by atoms with Gasteiger partial charge in [0.1, 0.15) is 0 Å². The fourth-order valence-electron chi connectivity index (χ4n) is 2.01. The van der Waals surface area contributed by atoms with Crippen molar-refractivity contribution in [3.63, 3.8) is 0 Å². The van der Waals surface area contributed by atoms with E-state index in [-0.39, 0.29) is 11.9 Å². The Bertz CT molecular complexity index is 424. The first-order valence-corrected chi connectivity index (χ1v) is 6.58. The second-order valence-corrected chi connectivity index (χ2v) is 5.71. The molecular formula is C15H24N2O2. The van der Waals surface area contributed by atoms with E-state index >= 15 is 0 Å². The van der Waals surface area contributed by atoms with E-state index in [1.54, 1.807) is 19.1 Å². The Morgan fingerprint density at radius 2 is 1.84 bits per heavy atom. The molecule has 19 heavy (non-hydrogen) atoms. The van der Waals surface area contributed by atoms with Crippen LogP contribution in [0, 0.1) is 0 Å². The van der Waals surface area contributed by atoms with Gasteiger partial charge in [-0.3, -0.25) is 4.79 Å². The summed E-state index contributed by atoms with van der Waals surface area (Å²) < 4.78 is 0. The van der Waals surface area contributed by atoms with E-state index in [0.717, 1.165) is 5.56 Å². The number of nitrogen functional groups attached to an aromatic ring is 1. The average molecular weight is 264 g/mol. The summed E-state index contributed by atoms with van der Waals surface area (Å²) in [6.45, 7) is 7.36. The van der Waals surface area contributed by atoms with Crippen molar-refractivity contribution in [2.24, 2.45) is 0 Å². The van der Waals surface area contributed by atoms with Gasteiger partial charge in [-0.2, -0.15) is 0 Å². The van der Waals surface area contributed by atoms with Crippen LogP contribution in [0.25, 0.3) is 0 Å². The van der Waals surface area contributed by atoms with Crippen LogP contribution in [0.2, 0.25) is 0 Å². The number of anilines is 1. The van der Waals surface area contributed by atoms with Gasteiger partial charge in [0.15, 0.2) is 0 Å². The maximum atomic E-state index is 12.3. The van der Waals surface area contributed by atoms with E-state index in [1.165, 1.54) is 0 Å². The van der Waals surface area contributed by atoms with Gasteiger partial charge in [-0.25, -0.2) is 0 Å². The summed E-state index contributed by atoms with van der Waals surface area (Å²) in [6.07, 6.45) is 0.124. The molecule has 1 aromatic carbocycles. The van der Waals surface area contributed by atoms with Gasteiger partial charge >= 0.3 is 0 Å². The Morgan fingerprint density at radius 1 is 1.32 bits per heavy atom. The first-order valence-electron chi connectivity index (χ1n) is 6.58. The molecule has 4 N–H and O–H groups in total. The van der Waals surface area contributed by atoms with E-state index in [1.807, 2.05) is 32.9 Å². The monoisotopic (exact) mass is 264 g/mol. The highest BCUT2D eigenvalue weighted by Gasteiger charge is 2.30. The molecule has 2 atom stereocenters. The molecule has 0 aliphatic heterocycles. The minimum absolute atomic E-state index is 0.0505. The van der Waals surface area contributed by atoms with Gasteiger partial charge < -0.3 is 16.2 Å². The smallest absolute Gasteiger partial charge is 0.230 e. The van der Waals surface area contributed by atoms with E-state index in [2.05, 4.69) is 5.32 Å². The molecule has 0 saturated carbocycles. The van der Waals surface area contributed by atoms with Crippen LogP contribution in [0.4, 0.5) is 5.69 Å². The third-order valence-corrected chi connectivity index (χ3v) is 3.27. The van der Waals surface area contributed by atoms with Gasteiger partial charge in [-0.05, 0) is 51.8 Å². The number of aliphatic hydroxyl groups is 1. The maximum Gasteiger partial charge on any atom is 0.230 e. The number of hydrogen-bond donors (Lipinski definition) is 3. The van der Waals surface area contributed by atoms with Gasteiger partial charge in [-0.1, -0.05) is 12.1 Å². The first-order chi connectivity index (χ1) is 8.73. The predicted octanol–water partition coefficient (Wildman–Crippen LogP) is 1.82. The fourth-order valence-corrected chi connectivity index (χ4v) is 2.01. The second-order valence-electron chi connectivity index (χ2n) is 5.71. The number of aliphatic hydroxyl groups excluding tert-OH is 1. The highest BCUT2D eigenvalue weighted by Crippen LogP contribution is 2.24. The normalized spacial score (nSPS) is 14.8. The van der Waals surface area contributed by atoms with Crippen molar-refractivity contribution in [1.29, 1.82) is 0 Å². The highest BCUT2D eigenvalue weighted by atomic mass is 16.3. The molecule has 0 aliphatic carbocycles. The molecule has 0 saturated heterocycles. The molecule has 0 aromatic heterocycles. The molecule has 1 aromatic rings. The molecule has 1 amide bonds. The van der Waals surface area contributed by atoms with Crippen molar-refractivity contribution in [1.82, 2.24) is 5.32 Å². The molecule has 0 radical (unpaired) electrons. The van der Waals surface area contributed by atoms with Crippen LogP contribution >= 0.6 is 0 Å². The quantitative estimate of drug-likeness (QED) is 0.710. The van der Waals surface area contributed by atoms with Crippen LogP contribution in [-0.2, 0) is 10.2 Å². The van der Waals surface area contributed by atoms with Gasteiger partial charge in [0.05, 0.1) is 11.5 Å². The van der Waals surface area contributed by atoms with E-state index in [0.29, 0.717) is 12.1 Å². The predicted molar refractivity (Wildman–Crippen MR) is 77.8 cm³/mol. The fraction of sp³-hybridized carbons (Fsp3) is 0.533. The zero-order chi connectivity index (χ0) is 14.6. The highest BCUT2D eigenvalue weighted by molar-refractivity contribution is 5.87. The molecule has 4 heteroatoms. The summed E-state index contributed by atoms with van der Waals surface area (Å²) in [5, 5.41) is 12.3. The Balaban J connectivity index is 2.76. The van der Waals surface area contributed by atoms with E-state index in [9.17, 15) is 9.90 Å². The third kappa shape index (κ3) is 4.24. The summed E-state index contributed by atoms with van der Waals surface area (Å²) in [7, 11) is 0. The van der Waals surface area contributed by atoms with Gasteiger partial charge in [0.2, 0.25) is 5.91 Å². The Hall–Kier alpha value is -1.55. The van der Waals surface area contributed by atoms with Crippen LogP contribution in [0.3, 0.4) is 0 Å². The van der Waals surface area contributed by atoms with Crippen LogP contribution < -0.4 is 11.1 Å². The zero-order valence-electron chi connectivity index (χ0n) is 12.1. The molecule has 106 valence electrons. The Morgan fingerprint density at radius 3 is 2.32 bits per heavy atom. The minimum atomic E-state index is -0.624. The van der Waals surface area contributed by atoms with Crippen LogP contribution in [-0.4, -0.2) is 23.2 Å². The number of nitrogens with two attached hydrogens (primary N) is 1. The Labute approximate surface area is 115 Å². The maximum absolute atomic E-state index is 12.3. The topological polar surface area (TPSA) is 75.3 Å². The standard InChI is InChI=1S/C15H24N2O2/c1-10(9-11(2)18)17-14(19)15(3,4)12-5-7-13(16)8-6-12/h5-8,10-11,18H,9,16H2,1-4H3,(H,17,19). The number of carbonyl (C=O) groups is 1. The minimum Gasteiger partial charge on any atom is -0.399 e. The molecule has 1 rings (SSSR count). The first kappa shape index (κ1) is 15.5. The molecular weight excluding hydrogens is 240 g/mol. The lowest BCUT2D eigenvalue weighted by atomic mass is 9.83. The second kappa shape index (κ2) is 6.06. The van der Waals surface area contributed by atoms with Crippen molar-refractivity contribution in [2.45, 2.75) is 51.7 Å². The lowest BCUT2D eigenvalue weighted by Crippen LogP contribution is -2.45. The van der Waals surface area contributed by atoms with Crippen molar-refractivity contribution in [2.75, 3.05) is 5.73 Å². The van der Waals surface area contributed by atoms with Gasteiger partial charge in [0.25, 0.3) is 0 Å². The Kier molecular flexibility index (Phi) is 4.95. The summed E-state index contributed by atoms with van der Waals surface area (Å²) >= 11 is 0. The van der Waals surface area contributed by atoms with Crippen LogP contribution in [0.5, 0.6) is 0 Å². The molecule has 0 aliphatic rings. The van der Waals surface area contributed by atoms with Crippen molar-refractivity contribution in [3.05, 3.63) is 29.8 Å². The molecule has 0 heterocycles. The van der Waals surface area contributed by atoms with Crippen molar-refractivity contribution in [3.8, 4) is 0 Å². The molecule has 0 bridgehead atoms. The molecule has 2 unspecified atom stereocenters. The number of hydrogen-bond acceptors (Lipinski definition) is 3. The van der Waals surface area contributed by atoms with Crippen molar-refractivity contribution >= 4 is 11.6 Å². The number of amides is 1. The number of benzene rings is 1. The third-order valence-electron chi connectivity index (χ3n) is 3.27. The molecule has 0 spiro atoms. The van der Waals surface area contributed by atoms with Crippen molar-refractivity contribution < 1.29 is 9.90 Å². The summed E-state index contributed by atoms with van der Waals surface area (Å²) in [5.41, 5.74) is 6.63. The molecule has 0 fully saturated rings. The van der Waals surface area contributed by atoms with Crippen LogP contribution in [0.15, 0.2) is 24.3 Å². The summed E-state index contributed by atoms with van der Waals surface area (Å²) in [4.78, 5) is 12.3. The zero-order valence-corrected chi connectivity index (χ0v) is 12.1. The largest absolute Gasteiger partial charge is 0.399 e. The van der Waals surface area contributed by atoms with Gasteiger partial charge in [-0.15, -0.1) is 0 Å². The van der Waals surface area contributed by atoms with Crippen LogP contribution in [0.1, 0.15) is 39.7 Å². The molecule has 4 nitrogen and oxygen atoms in total. The lowest BCUT2D eigenvalue weighted by molar-refractivity contribution is -0.126. The number of rotatable bonds is 5. The average Bonchev–Trinajstić information content (AvgIpc) is 2.28. The summed E-state index contributed by atoms with van der Waals surface area (Å²) in [6, 6.07) is 7.27. The number of nitrogens with one attached hydrogen (secondary N) is 1. The lowest BCUT2D eigenvalue weighted by Gasteiger charge is -2.27. The van der Waals surface area contributed by atoms with Gasteiger partial charge in [0, 0.05) is 11.7 Å². The van der Waals surface area contributed by atoms with E-state index in [4.69, 9.17) is 5.73 Å². The van der Waals surface area contributed by atoms with E-state index < -0.39 is 11.5 Å².